The third kappa shape index (κ3) is 5.22. The molecule has 0 saturated carbocycles. The third-order valence-corrected chi connectivity index (χ3v) is 4.54. The Balaban J connectivity index is 1.70. The Morgan fingerprint density at radius 3 is 1.93 bits per heavy atom. The van der Waals surface area contributed by atoms with Gasteiger partial charge in [0.15, 0.2) is 0 Å². The monoisotopic (exact) mass is 383 g/mol. The molecule has 0 heterocycles. The van der Waals surface area contributed by atoms with Crippen LogP contribution < -0.4 is 5.32 Å². The Kier molecular flexibility index (Phi) is 6.14. The number of nitrogens with one attached hydrogen (secondary N) is 1. The molecule has 28 heavy (non-hydrogen) atoms. The second-order valence-corrected chi connectivity index (χ2v) is 6.55. The van der Waals surface area contributed by atoms with E-state index in [0.29, 0.717) is 5.56 Å². The number of carbonyl (C=O) groups excluding carboxylic acids is 1. The van der Waals surface area contributed by atoms with E-state index in [2.05, 4.69) is 5.32 Å². The number of halogens is 3. The average Bonchev–Trinajstić information content (AvgIpc) is 2.71. The van der Waals surface area contributed by atoms with E-state index < -0.39 is 11.7 Å². The summed E-state index contributed by atoms with van der Waals surface area (Å²) < 4.78 is 38.5. The molecular formula is C23H20F3NO. The van der Waals surface area contributed by atoms with E-state index in [4.69, 9.17) is 0 Å². The first-order chi connectivity index (χ1) is 13.4. The predicted octanol–water partition coefficient (Wildman–Crippen LogP) is 5.54. The van der Waals surface area contributed by atoms with E-state index in [1.165, 1.54) is 6.07 Å². The molecule has 0 aliphatic carbocycles. The molecule has 3 rings (SSSR count). The molecule has 0 bridgehead atoms. The number of benzene rings is 3. The van der Waals surface area contributed by atoms with Crippen LogP contribution in [0.15, 0.2) is 84.9 Å². The zero-order valence-electron chi connectivity index (χ0n) is 15.1. The van der Waals surface area contributed by atoms with E-state index in [0.717, 1.165) is 23.3 Å². The Labute approximate surface area is 162 Å². The minimum atomic E-state index is -4.40. The van der Waals surface area contributed by atoms with Crippen molar-refractivity contribution in [3.05, 3.63) is 107 Å². The quantitative estimate of drug-likeness (QED) is 0.595. The first-order valence-electron chi connectivity index (χ1n) is 8.96. The lowest BCUT2D eigenvalue weighted by Crippen LogP contribution is -2.25. The lowest BCUT2D eigenvalue weighted by Gasteiger charge is -2.18. The predicted molar refractivity (Wildman–Crippen MR) is 103 cm³/mol. The number of alkyl halides is 3. The summed E-state index contributed by atoms with van der Waals surface area (Å²) in [7, 11) is 0. The Morgan fingerprint density at radius 2 is 1.39 bits per heavy atom. The molecule has 3 aromatic carbocycles. The maximum absolute atomic E-state index is 12.8. The fraction of sp³-hybridized carbons (Fsp3) is 0.174. The van der Waals surface area contributed by atoms with Crippen LogP contribution in [0.1, 0.15) is 34.6 Å². The van der Waals surface area contributed by atoms with Crippen molar-refractivity contribution in [2.45, 2.75) is 25.1 Å². The van der Waals surface area contributed by atoms with Gasteiger partial charge in [0.2, 0.25) is 5.91 Å². The Bertz CT molecular complexity index is 868. The van der Waals surface area contributed by atoms with Crippen molar-refractivity contribution < 1.29 is 18.0 Å². The van der Waals surface area contributed by atoms with Crippen LogP contribution in [-0.4, -0.2) is 5.91 Å². The van der Waals surface area contributed by atoms with E-state index in [-0.39, 0.29) is 24.8 Å². The Morgan fingerprint density at radius 1 is 0.821 bits per heavy atom. The Hall–Kier alpha value is -3.08. The second kappa shape index (κ2) is 8.74. The summed E-state index contributed by atoms with van der Waals surface area (Å²) in [6.45, 7) is 0.0546. The van der Waals surface area contributed by atoms with Crippen LogP contribution in [0.25, 0.3) is 0 Å². The van der Waals surface area contributed by atoms with Gasteiger partial charge in [0.05, 0.1) is 5.56 Å². The van der Waals surface area contributed by atoms with Crippen molar-refractivity contribution in [1.82, 2.24) is 5.32 Å². The fourth-order valence-corrected chi connectivity index (χ4v) is 3.11. The third-order valence-electron chi connectivity index (χ3n) is 4.54. The summed E-state index contributed by atoms with van der Waals surface area (Å²) >= 11 is 0. The van der Waals surface area contributed by atoms with Gasteiger partial charge < -0.3 is 5.32 Å². The molecule has 1 N–H and O–H groups in total. The molecular weight excluding hydrogens is 363 g/mol. The van der Waals surface area contributed by atoms with Crippen molar-refractivity contribution in [2.24, 2.45) is 0 Å². The molecule has 0 radical (unpaired) electrons. The number of hydrogen-bond acceptors (Lipinski definition) is 1. The summed E-state index contributed by atoms with van der Waals surface area (Å²) in [4.78, 5) is 12.5. The smallest absolute Gasteiger partial charge is 0.352 e. The standard InChI is InChI=1S/C23H20F3NO/c24-23(25,26)20-13-7-8-17(14-20)16-27-22(28)15-21(18-9-3-1-4-10-18)19-11-5-2-6-12-19/h1-14,21H,15-16H2,(H,27,28). The van der Waals surface area contributed by atoms with Gasteiger partial charge in [0, 0.05) is 18.9 Å². The highest BCUT2D eigenvalue weighted by molar-refractivity contribution is 5.77. The molecule has 1 amide bonds. The lowest BCUT2D eigenvalue weighted by molar-refractivity contribution is -0.137. The van der Waals surface area contributed by atoms with E-state index in [1.807, 2.05) is 60.7 Å². The van der Waals surface area contributed by atoms with Gasteiger partial charge in [0.25, 0.3) is 0 Å². The largest absolute Gasteiger partial charge is 0.416 e. The van der Waals surface area contributed by atoms with E-state index in [9.17, 15) is 18.0 Å². The van der Waals surface area contributed by atoms with Gasteiger partial charge in [-0.25, -0.2) is 0 Å². The molecule has 0 unspecified atom stereocenters. The highest BCUT2D eigenvalue weighted by Crippen LogP contribution is 2.30. The highest BCUT2D eigenvalue weighted by Gasteiger charge is 2.30. The molecule has 144 valence electrons. The van der Waals surface area contributed by atoms with E-state index >= 15 is 0 Å². The van der Waals surface area contributed by atoms with Crippen LogP contribution in [0.3, 0.4) is 0 Å². The molecule has 0 spiro atoms. The maximum Gasteiger partial charge on any atom is 0.416 e. The SMILES string of the molecule is O=C(CC(c1ccccc1)c1ccccc1)NCc1cccc(C(F)(F)F)c1. The van der Waals surface area contributed by atoms with Gasteiger partial charge in [-0.3, -0.25) is 4.79 Å². The zero-order chi connectivity index (χ0) is 20.0. The summed E-state index contributed by atoms with van der Waals surface area (Å²) in [5.41, 5.74) is 1.73. The van der Waals surface area contributed by atoms with E-state index in [1.54, 1.807) is 6.07 Å². The summed E-state index contributed by atoms with van der Waals surface area (Å²) in [6, 6.07) is 24.4. The van der Waals surface area contributed by atoms with Crippen LogP contribution in [0, 0.1) is 0 Å². The van der Waals surface area contributed by atoms with Crippen LogP contribution in [0.5, 0.6) is 0 Å². The molecule has 0 fully saturated rings. The van der Waals surface area contributed by atoms with Crippen molar-refractivity contribution in [3.63, 3.8) is 0 Å². The summed E-state index contributed by atoms with van der Waals surface area (Å²) in [5.74, 6) is -0.334. The molecule has 0 aliphatic rings. The number of carbonyl (C=O) groups is 1. The first-order valence-corrected chi connectivity index (χ1v) is 8.96. The highest BCUT2D eigenvalue weighted by atomic mass is 19.4. The summed E-state index contributed by atoms with van der Waals surface area (Å²) in [5, 5.41) is 2.74. The molecule has 0 aliphatic heterocycles. The first kappa shape index (κ1) is 19.7. The molecule has 3 aromatic rings. The van der Waals surface area contributed by atoms with Gasteiger partial charge in [0.1, 0.15) is 0 Å². The fourth-order valence-electron chi connectivity index (χ4n) is 3.11. The number of hydrogen-bond donors (Lipinski definition) is 1. The molecule has 5 heteroatoms. The van der Waals surface area contributed by atoms with Crippen molar-refractivity contribution >= 4 is 5.91 Å². The molecule has 0 aromatic heterocycles. The topological polar surface area (TPSA) is 29.1 Å². The molecule has 2 nitrogen and oxygen atoms in total. The summed E-state index contributed by atoms with van der Waals surface area (Å²) in [6.07, 6.45) is -4.18. The van der Waals surface area contributed by atoms with Gasteiger partial charge in [-0.05, 0) is 28.8 Å². The number of rotatable bonds is 6. The number of amides is 1. The van der Waals surface area contributed by atoms with Gasteiger partial charge in [-0.1, -0.05) is 72.8 Å². The molecule has 0 saturated heterocycles. The van der Waals surface area contributed by atoms with Crippen molar-refractivity contribution in [1.29, 1.82) is 0 Å². The zero-order valence-corrected chi connectivity index (χ0v) is 15.1. The lowest BCUT2D eigenvalue weighted by atomic mass is 9.88. The minimum absolute atomic E-state index is 0.0546. The van der Waals surface area contributed by atoms with Crippen molar-refractivity contribution in [3.8, 4) is 0 Å². The van der Waals surface area contributed by atoms with Crippen LogP contribution >= 0.6 is 0 Å². The normalized spacial score (nSPS) is 11.4. The van der Waals surface area contributed by atoms with Crippen molar-refractivity contribution in [2.75, 3.05) is 0 Å². The maximum atomic E-state index is 12.8. The van der Waals surface area contributed by atoms with Gasteiger partial charge >= 0.3 is 6.18 Å². The van der Waals surface area contributed by atoms with Crippen LogP contribution in [-0.2, 0) is 17.5 Å². The van der Waals surface area contributed by atoms with Gasteiger partial charge in [-0.15, -0.1) is 0 Å². The molecule has 0 atom stereocenters. The second-order valence-electron chi connectivity index (χ2n) is 6.55. The van der Waals surface area contributed by atoms with Crippen LogP contribution in [0.2, 0.25) is 0 Å². The van der Waals surface area contributed by atoms with Crippen LogP contribution in [0.4, 0.5) is 13.2 Å². The van der Waals surface area contributed by atoms with Gasteiger partial charge in [-0.2, -0.15) is 13.2 Å². The minimum Gasteiger partial charge on any atom is -0.352 e. The average molecular weight is 383 g/mol.